The monoisotopic (exact) mass is 296 g/mol. The van der Waals surface area contributed by atoms with Crippen molar-refractivity contribution in [3.05, 3.63) is 47.5 Å². The van der Waals surface area contributed by atoms with Gasteiger partial charge in [0.2, 0.25) is 5.91 Å². The van der Waals surface area contributed by atoms with Crippen LogP contribution in [0.25, 0.3) is 0 Å². The predicted molar refractivity (Wildman–Crippen MR) is 88.1 cm³/mol. The molecule has 0 aliphatic heterocycles. The van der Waals surface area contributed by atoms with E-state index in [9.17, 15) is 10.1 Å². The van der Waals surface area contributed by atoms with Crippen molar-refractivity contribution >= 4 is 5.91 Å². The molecule has 0 saturated heterocycles. The van der Waals surface area contributed by atoms with Gasteiger partial charge >= 0.3 is 0 Å². The second-order valence-electron chi connectivity index (χ2n) is 6.92. The Kier molecular flexibility index (Phi) is 5.03. The highest BCUT2D eigenvalue weighted by atomic mass is 16.1. The molecule has 1 amide bonds. The van der Waals surface area contributed by atoms with Crippen molar-refractivity contribution in [3.63, 3.8) is 0 Å². The van der Waals surface area contributed by atoms with Crippen LogP contribution in [0.4, 0.5) is 0 Å². The Balaban J connectivity index is 2.07. The summed E-state index contributed by atoms with van der Waals surface area (Å²) in [6.07, 6.45) is 6.73. The first-order valence-corrected chi connectivity index (χ1v) is 7.87. The summed E-state index contributed by atoms with van der Waals surface area (Å²) in [5.74, 6) is -0.0227. The van der Waals surface area contributed by atoms with Crippen LogP contribution in [-0.2, 0) is 10.2 Å². The summed E-state index contributed by atoms with van der Waals surface area (Å²) in [5, 5.41) is 12.3. The molecule has 0 spiro atoms. The highest BCUT2D eigenvalue weighted by Gasteiger charge is 2.22. The van der Waals surface area contributed by atoms with Gasteiger partial charge in [-0.15, -0.1) is 0 Å². The van der Waals surface area contributed by atoms with Gasteiger partial charge in [-0.25, -0.2) is 0 Å². The summed E-state index contributed by atoms with van der Waals surface area (Å²) in [6, 6.07) is 9.57. The molecule has 22 heavy (non-hydrogen) atoms. The van der Waals surface area contributed by atoms with Crippen molar-refractivity contribution in [2.75, 3.05) is 0 Å². The SMILES string of the molecule is CC(C)(C)c1ccc(C(C#N)NC(=O)C2CC=CCC2)cc1. The first-order valence-electron chi connectivity index (χ1n) is 7.87. The quantitative estimate of drug-likeness (QED) is 0.856. The van der Waals surface area contributed by atoms with Gasteiger partial charge in [-0.3, -0.25) is 4.79 Å². The van der Waals surface area contributed by atoms with Gasteiger partial charge in [0.25, 0.3) is 0 Å². The van der Waals surface area contributed by atoms with Crippen molar-refractivity contribution < 1.29 is 4.79 Å². The Morgan fingerprint density at radius 1 is 1.27 bits per heavy atom. The standard InChI is InChI=1S/C19H24N2O/c1-19(2,3)16-11-9-14(10-12-16)17(13-20)21-18(22)15-7-5-4-6-8-15/h4-5,9-12,15,17H,6-8H2,1-3H3,(H,21,22). The van der Waals surface area contributed by atoms with E-state index in [1.807, 2.05) is 30.3 Å². The van der Waals surface area contributed by atoms with Crippen LogP contribution in [0.5, 0.6) is 0 Å². The van der Waals surface area contributed by atoms with Crippen LogP contribution < -0.4 is 5.32 Å². The molecule has 2 unspecified atom stereocenters. The Hall–Kier alpha value is -2.08. The number of hydrogen-bond donors (Lipinski definition) is 1. The third-order valence-electron chi connectivity index (χ3n) is 4.17. The fraction of sp³-hybridized carbons (Fsp3) is 0.474. The van der Waals surface area contributed by atoms with Crippen molar-refractivity contribution in [2.24, 2.45) is 5.92 Å². The van der Waals surface area contributed by atoms with Gasteiger partial charge in [0.05, 0.1) is 6.07 Å². The van der Waals surface area contributed by atoms with Crippen molar-refractivity contribution in [1.82, 2.24) is 5.32 Å². The van der Waals surface area contributed by atoms with Crippen molar-refractivity contribution in [1.29, 1.82) is 5.26 Å². The lowest BCUT2D eigenvalue weighted by molar-refractivity contribution is -0.125. The maximum absolute atomic E-state index is 12.3. The maximum Gasteiger partial charge on any atom is 0.224 e. The molecule has 0 radical (unpaired) electrons. The Bertz CT molecular complexity index is 587. The molecule has 1 N–H and O–H groups in total. The molecular weight excluding hydrogens is 272 g/mol. The summed E-state index contributed by atoms with van der Waals surface area (Å²) in [5.41, 5.74) is 2.14. The second-order valence-corrected chi connectivity index (χ2v) is 6.92. The highest BCUT2D eigenvalue weighted by Crippen LogP contribution is 2.24. The normalized spacial score (nSPS) is 19.3. The zero-order chi connectivity index (χ0) is 16.2. The third kappa shape index (κ3) is 3.98. The zero-order valence-corrected chi connectivity index (χ0v) is 13.6. The van der Waals surface area contributed by atoms with Crippen LogP contribution >= 0.6 is 0 Å². The van der Waals surface area contributed by atoms with Gasteiger partial charge in [0.15, 0.2) is 0 Å². The van der Waals surface area contributed by atoms with Crippen LogP contribution in [0.3, 0.4) is 0 Å². The van der Waals surface area contributed by atoms with Crippen LogP contribution in [0.2, 0.25) is 0 Å². The molecule has 0 bridgehead atoms. The Morgan fingerprint density at radius 3 is 2.45 bits per heavy atom. The number of benzene rings is 1. The third-order valence-corrected chi connectivity index (χ3v) is 4.17. The summed E-state index contributed by atoms with van der Waals surface area (Å²) in [6.45, 7) is 6.46. The number of amides is 1. The second kappa shape index (κ2) is 6.79. The molecule has 2 rings (SSSR count). The van der Waals surface area contributed by atoms with Gasteiger partial charge < -0.3 is 5.32 Å². The molecule has 1 aliphatic carbocycles. The summed E-state index contributed by atoms with van der Waals surface area (Å²) >= 11 is 0. The van der Waals surface area contributed by atoms with Crippen LogP contribution in [-0.4, -0.2) is 5.91 Å². The molecule has 0 saturated carbocycles. The molecule has 116 valence electrons. The number of allylic oxidation sites excluding steroid dienone is 2. The number of carbonyl (C=O) groups excluding carboxylic acids is 1. The number of nitrogens with one attached hydrogen (secondary N) is 1. The molecule has 1 aromatic carbocycles. The molecule has 1 aliphatic rings. The molecule has 3 heteroatoms. The lowest BCUT2D eigenvalue weighted by Crippen LogP contribution is -2.33. The number of carbonyl (C=O) groups is 1. The Morgan fingerprint density at radius 2 is 1.95 bits per heavy atom. The number of rotatable bonds is 3. The van der Waals surface area contributed by atoms with Crippen LogP contribution in [0.15, 0.2) is 36.4 Å². The number of hydrogen-bond acceptors (Lipinski definition) is 2. The molecule has 0 aromatic heterocycles. The van der Waals surface area contributed by atoms with Gasteiger partial charge in [-0.1, -0.05) is 57.2 Å². The summed E-state index contributed by atoms with van der Waals surface area (Å²) in [7, 11) is 0. The Labute approximate surface area is 133 Å². The first kappa shape index (κ1) is 16.3. The molecule has 1 aromatic rings. The van der Waals surface area contributed by atoms with E-state index in [4.69, 9.17) is 0 Å². The molecule has 3 nitrogen and oxygen atoms in total. The van der Waals surface area contributed by atoms with Gasteiger partial charge in [0.1, 0.15) is 6.04 Å². The van der Waals surface area contributed by atoms with E-state index in [-0.39, 0.29) is 17.2 Å². The minimum absolute atomic E-state index is 0.00491. The minimum Gasteiger partial charge on any atom is -0.336 e. The highest BCUT2D eigenvalue weighted by molar-refractivity contribution is 5.79. The number of nitrogens with zero attached hydrogens (tertiary/aromatic N) is 1. The molecule has 0 heterocycles. The summed E-state index contributed by atoms with van der Waals surface area (Å²) < 4.78 is 0. The van der Waals surface area contributed by atoms with Crippen molar-refractivity contribution in [2.45, 2.75) is 51.5 Å². The van der Waals surface area contributed by atoms with E-state index in [0.717, 1.165) is 24.8 Å². The lowest BCUT2D eigenvalue weighted by atomic mass is 9.86. The average molecular weight is 296 g/mol. The van der Waals surface area contributed by atoms with Crippen molar-refractivity contribution in [3.8, 4) is 6.07 Å². The van der Waals surface area contributed by atoms with Gasteiger partial charge in [-0.05, 0) is 35.8 Å². The molecule has 0 fully saturated rings. The van der Waals surface area contributed by atoms with Gasteiger partial charge in [0, 0.05) is 5.92 Å². The van der Waals surface area contributed by atoms with E-state index in [1.54, 1.807) is 0 Å². The van der Waals surface area contributed by atoms with E-state index in [1.165, 1.54) is 5.56 Å². The van der Waals surface area contributed by atoms with E-state index >= 15 is 0 Å². The topological polar surface area (TPSA) is 52.9 Å². The van der Waals surface area contributed by atoms with E-state index in [2.05, 4.69) is 38.2 Å². The fourth-order valence-corrected chi connectivity index (χ4v) is 2.66. The van der Waals surface area contributed by atoms with Crippen LogP contribution in [0.1, 0.15) is 57.2 Å². The zero-order valence-electron chi connectivity index (χ0n) is 13.6. The summed E-state index contributed by atoms with van der Waals surface area (Å²) in [4.78, 5) is 12.3. The largest absolute Gasteiger partial charge is 0.336 e. The number of nitriles is 1. The fourth-order valence-electron chi connectivity index (χ4n) is 2.66. The van der Waals surface area contributed by atoms with E-state index < -0.39 is 6.04 Å². The smallest absolute Gasteiger partial charge is 0.224 e. The van der Waals surface area contributed by atoms with Crippen LogP contribution in [0, 0.1) is 17.2 Å². The van der Waals surface area contributed by atoms with Gasteiger partial charge in [-0.2, -0.15) is 5.26 Å². The average Bonchev–Trinajstić information content (AvgIpc) is 2.52. The maximum atomic E-state index is 12.3. The van der Waals surface area contributed by atoms with E-state index in [0.29, 0.717) is 0 Å². The predicted octanol–water partition coefficient (Wildman–Crippen LogP) is 4.02. The molecule has 2 atom stereocenters. The lowest BCUT2D eigenvalue weighted by Gasteiger charge is -2.21. The molecular formula is C19H24N2O. The minimum atomic E-state index is -0.576. The first-order chi connectivity index (χ1) is 10.4.